The molecule has 8 atom stereocenters. The molecule has 43 heavy (non-hydrogen) atoms. The van der Waals surface area contributed by atoms with E-state index in [0.29, 0.717) is 23.8 Å². The van der Waals surface area contributed by atoms with Crippen molar-refractivity contribution >= 4 is 68.4 Å². The second kappa shape index (κ2) is 10.8. The van der Waals surface area contributed by atoms with Gasteiger partial charge in [-0.3, -0.25) is 19.3 Å². The molecule has 1 aromatic heterocycles. The van der Waals surface area contributed by atoms with Crippen molar-refractivity contribution in [2.45, 2.75) is 49.1 Å². The van der Waals surface area contributed by atoms with Crippen molar-refractivity contribution in [1.29, 1.82) is 0 Å². The summed E-state index contributed by atoms with van der Waals surface area (Å²) < 4.78 is 7.26. The van der Waals surface area contributed by atoms with Gasteiger partial charge >= 0.3 is 10.8 Å². The van der Waals surface area contributed by atoms with Gasteiger partial charge in [-0.2, -0.15) is 0 Å². The number of thiazole rings is 1. The zero-order valence-electron chi connectivity index (χ0n) is 23.2. The molecular formula is C31H28BrClN2O6S2. The lowest BCUT2D eigenvalue weighted by molar-refractivity contribution is -0.157. The van der Waals surface area contributed by atoms with E-state index in [1.165, 1.54) is 11.3 Å². The minimum absolute atomic E-state index is 0.0175. The maximum Gasteiger partial charge on any atom is 0.327 e. The standard InChI is InChI=1S/C31H28BrClN2O6S2/c1-12(2)24(30(38)39)35-28(36)22-17-10-18(23(22)29(35)37)25-21(17)20(26-27(42-25)34-31(40)43-26)16-9-14(32)5-8-19(16)41-11-13-3-6-15(33)7-4-13/h3-9,12,17-18,20-25H,10-11H2,1-2H3,(H,34,40)(H,38,39)/t17?,18?,20-,21?,22?,23?,24?,25?/m1/s1. The lowest BCUT2D eigenvalue weighted by atomic mass is 9.68. The molecular weight excluding hydrogens is 676 g/mol. The lowest BCUT2D eigenvalue weighted by Crippen LogP contribution is -2.49. The van der Waals surface area contributed by atoms with Gasteiger partial charge in [0, 0.05) is 31.1 Å². The number of nitrogens with zero attached hydrogens (tertiary/aromatic N) is 1. The monoisotopic (exact) mass is 702 g/mol. The summed E-state index contributed by atoms with van der Waals surface area (Å²) in [5.41, 5.74) is 1.87. The third-order valence-corrected chi connectivity index (χ3v) is 12.9. The molecule has 4 aliphatic rings. The number of aliphatic carboxylic acids is 1. The van der Waals surface area contributed by atoms with Crippen LogP contribution in [0.2, 0.25) is 5.02 Å². The Morgan fingerprint density at radius 2 is 1.81 bits per heavy atom. The van der Waals surface area contributed by atoms with Gasteiger partial charge in [0.25, 0.3) is 0 Å². The van der Waals surface area contributed by atoms with E-state index in [9.17, 15) is 24.3 Å². The highest BCUT2D eigenvalue weighted by Crippen LogP contribution is 2.69. The Bertz CT molecular complexity index is 1710. The summed E-state index contributed by atoms with van der Waals surface area (Å²) in [7, 11) is 0. The fourth-order valence-corrected chi connectivity index (χ4v) is 11.4. The van der Waals surface area contributed by atoms with E-state index in [1.807, 2.05) is 42.5 Å². The Morgan fingerprint density at radius 1 is 1.12 bits per heavy atom. The van der Waals surface area contributed by atoms with Crippen molar-refractivity contribution in [3.63, 3.8) is 0 Å². The summed E-state index contributed by atoms with van der Waals surface area (Å²) in [6.45, 7) is 3.77. The van der Waals surface area contributed by atoms with E-state index in [2.05, 4.69) is 20.9 Å². The molecule has 2 bridgehead atoms. The molecule has 8 nitrogen and oxygen atoms in total. The molecule has 7 rings (SSSR count). The first-order valence-corrected chi connectivity index (χ1v) is 17.1. The first-order valence-electron chi connectivity index (χ1n) is 14.2. The third kappa shape index (κ3) is 4.60. The molecule has 0 radical (unpaired) electrons. The SMILES string of the molecule is CC(C)C(C(=O)O)N1C(=O)C2C3CC(C2C1=O)C1C3Sc2[nH]c(=O)sc2[C@@H]1c1cc(Br)ccc1OCc1ccc(Cl)cc1. The predicted molar refractivity (Wildman–Crippen MR) is 167 cm³/mol. The fourth-order valence-electron chi connectivity index (χ4n) is 7.99. The van der Waals surface area contributed by atoms with E-state index < -0.39 is 29.8 Å². The molecule has 2 amide bonds. The highest BCUT2D eigenvalue weighted by atomic mass is 79.9. The minimum atomic E-state index is -1.19. The Labute approximate surface area is 269 Å². The maximum absolute atomic E-state index is 13.9. The number of carbonyl (C=O) groups excluding carboxylic acids is 2. The molecule has 3 aromatic rings. The van der Waals surface area contributed by atoms with Crippen molar-refractivity contribution < 1.29 is 24.2 Å². The number of halogens is 2. The van der Waals surface area contributed by atoms with Crippen molar-refractivity contribution in [2.24, 2.45) is 35.5 Å². The van der Waals surface area contributed by atoms with Gasteiger partial charge in [0.2, 0.25) is 11.8 Å². The van der Waals surface area contributed by atoms with Crippen LogP contribution < -0.4 is 9.61 Å². The first-order chi connectivity index (χ1) is 20.5. The van der Waals surface area contributed by atoms with Gasteiger partial charge in [-0.1, -0.05) is 64.8 Å². The van der Waals surface area contributed by atoms with Crippen LogP contribution in [0.15, 0.2) is 56.8 Å². The van der Waals surface area contributed by atoms with E-state index in [-0.39, 0.29) is 45.6 Å². The Hall–Kier alpha value is -2.60. The molecule has 2 saturated carbocycles. The summed E-state index contributed by atoms with van der Waals surface area (Å²) in [6.07, 6.45) is 0.715. The van der Waals surface area contributed by atoms with Crippen molar-refractivity contribution in [2.75, 3.05) is 0 Å². The summed E-state index contributed by atoms with van der Waals surface area (Å²) in [5, 5.41) is 11.4. The van der Waals surface area contributed by atoms with E-state index in [4.69, 9.17) is 16.3 Å². The predicted octanol–water partition coefficient (Wildman–Crippen LogP) is 6.01. The van der Waals surface area contributed by atoms with Gasteiger partial charge in [0.1, 0.15) is 18.4 Å². The zero-order chi connectivity index (χ0) is 30.3. The van der Waals surface area contributed by atoms with E-state index in [1.54, 1.807) is 25.6 Å². The number of rotatable bonds is 7. The number of likely N-dealkylation sites (tertiary alicyclic amines) is 1. The number of hydrogen-bond donors (Lipinski definition) is 2. The van der Waals surface area contributed by atoms with Gasteiger partial charge < -0.3 is 14.8 Å². The number of carbonyl (C=O) groups is 3. The largest absolute Gasteiger partial charge is 0.489 e. The van der Waals surface area contributed by atoms with Gasteiger partial charge in [0.15, 0.2) is 0 Å². The van der Waals surface area contributed by atoms with E-state index >= 15 is 0 Å². The smallest absolute Gasteiger partial charge is 0.327 e. The maximum atomic E-state index is 13.9. The van der Waals surface area contributed by atoms with Crippen LogP contribution in [-0.4, -0.2) is 44.1 Å². The number of nitrogens with one attached hydrogen (secondary N) is 1. The molecule has 2 N–H and O–H groups in total. The van der Waals surface area contributed by atoms with Crippen LogP contribution in [0.25, 0.3) is 0 Å². The summed E-state index contributed by atoms with van der Waals surface area (Å²) in [4.78, 5) is 57.5. The average molecular weight is 704 g/mol. The van der Waals surface area contributed by atoms with Crippen LogP contribution in [0, 0.1) is 35.5 Å². The molecule has 224 valence electrons. The number of aromatic amines is 1. The fraction of sp³-hybridized carbons (Fsp3) is 0.419. The van der Waals surface area contributed by atoms with Gasteiger partial charge in [-0.05, 0) is 66.0 Å². The number of fused-ring (bicyclic) bond motifs is 9. The van der Waals surface area contributed by atoms with Crippen molar-refractivity contribution in [1.82, 2.24) is 9.88 Å². The number of hydrogen-bond acceptors (Lipinski definition) is 7. The molecule has 1 saturated heterocycles. The third-order valence-electron chi connectivity index (χ3n) is 9.54. The van der Waals surface area contributed by atoms with Gasteiger partial charge in [-0.15, -0.1) is 11.8 Å². The number of imide groups is 1. The molecule has 12 heteroatoms. The van der Waals surface area contributed by atoms with Crippen molar-refractivity contribution in [3.8, 4) is 5.75 Å². The van der Waals surface area contributed by atoms with Crippen LogP contribution in [0.1, 0.15) is 42.2 Å². The molecule has 2 aromatic carbocycles. The van der Waals surface area contributed by atoms with Crippen LogP contribution in [0.3, 0.4) is 0 Å². The number of benzene rings is 2. The summed E-state index contributed by atoms with van der Waals surface area (Å²) >= 11 is 12.5. The number of carboxylic acids is 1. The zero-order valence-corrected chi connectivity index (χ0v) is 27.1. The van der Waals surface area contributed by atoms with Gasteiger partial charge in [-0.25, -0.2) is 4.79 Å². The van der Waals surface area contributed by atoms with Crippen molar-refractivity contribution in [3.05, 3.63) is 77.6 Å². The quantitative estimate of drug-likeness (QED) is 0.290. The molecule has 0 spiro atoms. The van der Waals surface area contributed by atoms with Crippen LogP contribution >= 0.6 is 50.6 Å². The summed E-state index contributed by atoms with van der Waals surface area (Å²) in [6, 6.07) is 12.1. The molecule has 3 heterocycles. The summed E-state index contributed by atoms with van der Waals surface area (Å²) in [5.74, 6) is -3.24. The number of aromatic nitrogens is 1. The number of H-pyrrole nitrogens is 1. The lowest BCUT2D eigenvalue weighted by Gasteiger charge is -2.43. The average Bonchev–Trinajstić information content (AvgIpc) is 3.69. The highest BCUT2D eigenvalue weighted by Gasteiger charge is 2.70. The van der Waals surface area contributed by atoms with E-state index in [0.717, 1.165) is 30.4 Å². The number of carboxylic acid groups (broad SMARTS) is 1. The Balaban J connectivity index is 1.29. The highest BCUT2D eigenvalue weighted by molar-refractivity contribution is 9.10. The first kappa shape index (κ1) is 29.1. The number of amides is 2. The second-order valence-corrected chi connectivity index (χ2v) is 15.7. The normalized spacial score (nSPS) is 29.5. The molecule has 7 unspecified atom stereocenters. The molecule has 2 aliphatic carbocycles. The number of thioether (sulfide) groups is 1. The minimum Gasteiger partial charge on any atom is -0.489 e. The molecule has 3 fully saturated rings. The number of ether oxygens (including phenoxy) is 1. The topological polar surface area (TPSA) is 117 Å². The van der Waals surface area contributed by atoms with Crippen LogP contribution in [0.4, 0.5) is 0 Å². The second-order valence-electron chi connectivity index (χ2n) is 12.1. The van der Waals surface area contributed by atoms with Crippen LogP contribution in [0.5, 0.6) is 5.75 Å². The Morgan fingerprint density at radius 3 is 2.49 bits per heavy atom. The van der Waals surface area contributed by atoms with Gasteiger partial charge in [0.05, 0.1) is 16.9 Å². The Kier molecular flexibility index (Phi) is 7.31. The van der Waals surface area contributed by atoms with Crippen LogP contribution in [-0.2, 0) is 21.0 Å². The molecule has 2 aliphatic heterocycles.